The van der Waals surface area contributed by atoms with Crippen LogP contribution in [0.5, 0.6) is 0 Å². The summed E-state index contributed by atoms with van der Waals surface area (Å²) in [6.45, 7) is 4.12. The number of rotatable bonds is 7. The SMILES string of the molecule is CCCc1cc(C(=O)NN[C@H](C(N)=O)c2ccccc2)sc1C. The lowest BCUT2D eigenvalue weighted by molar-refractivity contribution is -0.120. The van der Waals surface area contributed by atoms with E-state index in [1.807, 2.05) is 31.2 Å². The predicted molar refractivity (Wildman–Crippen MR) is 92.0 cm³/mol. The van der Waals surface area contributed by atoms with Gasteiger partial charge in [0.1, 0.15) is 6.04 Å². The number of aryl methyl sites for hydroxylation is 2. The first-order valence-corrected chi connectivity index (χ1v) is 8.34. The number of carbonyl (C=O) groups is 2. The van der Waals surface area contributed by atoms with Gasteiger partial charge in [0.25, 0.3) is 5.91 Å². The van der Waals surface area contributed by atoms with Crippen molar-refractivity contribution in [3.8, 4) is 0 Å². The summed E-state index contributed by atoms with van der Waals surface area (Å²) in [5, 5.41) is 0. The predicted octanol–water partition coefficient (Wildman–Crippen LogP) is 2.47. The van der Waals surface area contributed by atoms with Crippen LogP contribution in [0.3, 0.4) is 0 Å². The first-order chi connectivity index (χ1) is 11.0. The molecule has 0 unspecified atom stereocenters. The number of hydrogen-bond donors (Lipinski definition) is 3. The van der Waals surface area contributed by atoms with Gasteiger partial charge in [-0.3, -0.25) is 15.0 Å². The van der Waals surface area contributed by atoms with E-state index >= 15 is 0 Å². The van der Waals surface area contributed by atoms with E-state index < -0.39 is 11.9 Å². The zero-order valence-corrected chi connectivity index (χ0v) is 14.1. The number of nitrogens with one attached hydrogen (secondary N) is 2. The molecule has 122 valence electrons. The Balaban J connectivity index is 2.05. The molecule has 0 aliphatic heterocycles. The van der Waals surface area contributed by atoms with Crippen LogP contribution in [-0.2, 0) is 11.2 Å². The summed E-state index contributed by atoms with van der Waals surface area (Å²) in [5.41, 5.74) is 12.6. The maximum Gasteiger partial charge on any atom is 0.275 e. The first kappa shape index (κ1) is 17.2. The van der Waals surface area contributed by atoms with Gasteiger partial charge in [-0.2, -0.15) is 0 Å². The molecule has 1 aromatic carbocycles. The molecule has 0 spiro atoms. The van der Waals surface area contributed by atoms with Gasteiger partial charge in [-0.05, 0) is 30.5 Å². The standard InChI is InChI=1S/C17H21N3O2S/c1-3-7-13-10-14(23-11(13)2)17(22)20-19-15(16(18)21)12-8-5-4-6-9-12/h4-6,8-10,15,19H,3,7H2,1-2H3,(H2,18,21)(H,20,22)/t15-/m0/s1. The fourth-order valence-corrected chi connectivity index (χ4v) is 3.28. The van der Waals surface area contributed by atoms with Gasteiger partial charge < -0.3 is 5.73 Å². The van der Waals surface area contributed by atoms with Crippen molar-refractivity contribution in [3.05, 3.63) is 57.3 Å². The third-order valence-corrected chi connectivity index (χ3v) is 4.60. The lowest BCUT2D eigenvalue weighted by atomic mass is 10.1. The normalized spacial score (nSPS) is 11.9. The van der Waals surface area contributed by atoms with Crippen molar-refractivity contribution >= 4 is 23.2 Å². The van der Waals surface area contributed by atoms with Gasteiger partial charge in [-0.25, -0.2) is 5.43 Å². The van der Waals surface area contributed by atoms with E-state index in [1.165, 1.54) is 16.9 Å². The lowest BCUT2D eigenvalue weighted by Gasteiger charge is -2.16. The van der Waals surface area contributed by atoms with Gasteiger partial charge in [0.2, 0.25) is 5.91 Å². The van der Waals surface area contributed by atoms with Crippen LogP contribution in [0.4, 0.5) is 0 Å². The van der Waals surface area contributed by atoms with Crippen molar-refractivity contribution in [2.75, 3.05) is 0 Å². The highest BCUT2D eigenvalue weighted by Gasteiger charge is 2.19. The molecule has 0 aliphatic rings. The number of thiophene rings is 1. The van der Waals surface area contributed by atoms with E-state index in [4.69, 9.17) is 5.73 Å². The molecule has 0 radical (unpaired) electrons. The van der Waals surface area contributed by atoms with E-state index in [-0.39, 0.29) is 5.91 Å². The summed E-state index contributed by atoms with van der Waals surface area (Å²) in [5.74, 6) is -0.812. The van der Waals surface area contributed by atoms with Crippen LogP contribution in [0.1, 0.15) is 45.1 Å². The maximum absolute atomic E-state index is 12.3. The first-order valence-electron chi connectivity index (χ1n) is 7.52. The average molecular weight is 331 g/mol. The number of nitrogens with two attached hydrogens (primary N) is 1. The van der Waals surface area contributed by atoms with Crippen LogP contribution in [0.15, 0.2) is 36.4 Å². The largest absolute Gasteiger partial charge is 0.368 e. The van der Waals surface area contributed by atoms with Crippen LogP contribution < -0.4 is 16.6 Å². The second kappa shape index (κ2) is 7.89. The Morgan fingerprint density at radius 1 is 1.26 bits per heavy atom. The molecule has 1 heterocycles. The average Bonchev–Trinajstić information content (AvgIpc) is 2.90. The second-order valence-corrected chi connectivity index (χ2v) is 6.54. The van der Waals surface area contributed by atoms with Crippen LogP contribution >= 0.6 is 11.3 Å². The highest BCUT2D eigenvalue weighted by Crippen LogP contribution is 2.22. The minimum Gasteiger partial charge on any atom is -0.368 e. The molecule has 0 saturated carbocycles. The number of hydrazine groups is 1. The highest BCUT2D eigenvalue weighted by molar-refractivity contribution is 7.14. The Morgan fingerprint density at radius 2 is 1.96 bits per heavy atom. The minimum atomic E-state index is -0.767. The molecule has 23 heavy (non-hydrogen) atoms. The summed E-state index contributed by atoms with van der Waals surface area (Å²) in [6, 6.07) is 10.2. The zero-order chi connectivity index (χ0) is 16.8. The third kappa shape index (κ3) is 4.40. The fourth-order valence-electron chi connectivity index (χ4n) is 2.31. The molecule has 0 bridgehead atoms. The highest BCUT2D eigenvalue weighted by atomic mass is 32.1. The van der Waals surface area contributed by atoms with Crippen LogP contribution in [0, 0.1) is 6.92 Å². The number of hydrogen-bond acceptors (Lipinski definition) is 4. The molecule has 4 N–H and O–H groups in total. The Kier molecular flexibility index (Phi) is 5.90. The topological polar surface area (TPSA) is 84.2 Å². The Morgan fingerprint density at radius 3 is 2.57 bits per heavy atom. The van der Waals surface area contributed by atoms with Gasteiger partial charge in [0.15, 0.2) is 0 Å². The van der Waals surface area contributed by atoms with Crippen molar-refractivity contribution < 1.29 is 9.59 Å². The molecular weight excluding hydrogens is 310 g/mol. The number of carbonyl (C=O) groups excluding carboxylic acids is 2. The molecule has 6 heteroatoms. The lowest BCUT2D eigenvalue weighted by Crippen LogP contribution is -2.44. The molecule has 1 aromatic heterocycles. The summed E-state index contributed by atoms with van der Waals surface area (Å²) < 4.78 is 0. The molecule has 5 nitrogen and oxygen atoms in total. The van der Waals surface area contributed by atoms with Gasteiger partial charge in [0.05, 0.1) is 4.88 Å². The summed E-state index contributed by atoms with van der Waals surface area (Å²) in [4.78, 5) is 25.6. The third-order valence-electron chi connectivity index (χ3n) is 3.51. The van der Waals surface area contributed by atoms with E-state index in [2.05, 4.69) is 17.8 Å². The van der Waals surface area contributed by atoms with Crippen molar-refractivity contribution in [2.24, 2.45) is 5.73 Å². The number of benzene rings is 1. The van der Waals surface area contributed by atoms with Crippen LogP contribution in [0.25, 0.3) is 0 Å². The maximum atomic E-state index is 12.3. The zero-order valence-electron chi connectivity index (χ0n) is 13.3. The Labute approximate surface area is 139 Å². The molecule has 2 aromatic rings. The minimum absolute atomic E-state index is 0.261. The molecule has 2 rings (SSSR count). The van der Waals surface area contributed by atoms with Crippen molar-refractivity contribution in [1.29, 1.82) is 0 Å². The quantitative estimate of drug-likeness (QED) is 0.682. The molecule has 1 atom stereocenters. The monoisotopic (exact) mass is 331 g/mol. The Bertz CT molecular complexity index is 682. The van der Waals surface area contributed by atoms with Gasteiger partial charge >= 0.3 is 0 Å². The molecule has 0 fully saturated rings. The Hall–Kier alpha value is -2.18. The van der Waals surface area contributed by atoms with Crippen molar-refractivity contribution in [2.45, 2.75) is 32.7 Å². The smallest absolute Gasteiger partial charge is 0.275 e. The van der Waals surface area contributed by atoms with Crippen LogP contribution in [-0.4, -0.2) is 11.8 Å². The second-order valence-electron chi connectivity index (χ2n) is 5.29. The van der Waals surface area contributed by atoms with E-state index in [0.717, 1.165) is 17.7 Å². The molecule has 2 amide bonds. The fraction of sp³-hybridized carbons (Fsp3) is 0.294. The number of primary amides is 1. The van der Waals surface area contributed by atoms with E-state index in [0.29, 0.717) is 10.4 Å². The van der Waals surface area contributed by atoms with Gasteiger partial charge in [-0.15, -0.1) is 11.3 Å². The van der Waals surface area contributed by atoms with E-state index in [9.17, 15) is 9.59 Å². The molecule has 0 aliphatic carbocycles. The molecule has 0 saturated heterocycles. The number of amides is 2. The van der Waals surface area contributed by atoms with Gasteiger partial charge in [0, 0.05) is 4.88 Å². The van der Waals surface area contributed by atoms with Crippen molar-refractivity contribution in [3.63, 3.8) is 0 Å². The van der Waals surface area contributed by atoms with Crippen molar-refractivity contribution in [1.82, 2.24) is 10.9 Å². The summed E-state index contributed by atoms with van der Waals surface area (Å²) in [7, 11) is 0. The molecular formula is C17H21N3O2S. The van der Waals surface area contributed by atoms with Gasteiger partial charge in [-0.1, -0.05) is 43.7 Å². The summed E-state index contributed by atoms with van der Waals surface area (Å²) >= 11 is 1.45. The van der Waals surface area contributed by atoms with E-state index in [1.54, 1.807) is 12.1 Å². The summed E-state index contributed by atoms with van der Waals surface area (Å²) in [6.07, 6.45) is 1.99. The van der Waals surface area contributed by atoms with Crippen LogP contribution in [0.2, 0.25) is 0 Å².